The Morgan fingerprint density at radius 2 is 1.89 bits per heavy atom. The highest BCUT2D eigenvalue weighted by atomic mass is 79.9. The number of carbonyl (C=O) groups excluding carboxylic acids is 2. The van der Waals surface area contributed by atoms with E-state index in [1.807, 2.05) is 17.2 Å². The third kappa shape index (κ3) is 5.39. The summed E-state index contributed by atoms with van der Waals surface area (Å²) in [5.41, 5.74) is 5.03. The first-order valence-corrected chi connectivity index (χ1v) is 14.3. The Hall–Kier alpha value is -1.64. The first-order valence-electron chi connectivity index (χ1n) is 12.3. The van der Waals surface area contributed by atoms with E-state index in [1.165, 1.54) is 16.7 Å². The molecule has 2 aliphatic heterocycles. The zero-order valence-corrected chi connectivity index (χ0v) is 23.5. The molecule has 0 unspecified atom stereocenters. The molecule has 2 fully saturated rings. The van der Waals surface area contributed by atoms with Crippen LogP contribution < -0.4 is 5.32 Å². The molecule has 1 aromatic carbocycles. The number of amides is 3. The third-order valence-electron chi connectivity index (χ3n) is 7.54. The molecule has 1 aromatic heterocycles. The van der Waals surface area contributed by atoms with E-state index < -0.39 is 0 Å². The molecule has 186 valence electrons. The first kappa shape index (κ1) is 25.0. The fraction of sp³-hybridized carbons (Fsp3) is 0.500. The van der Waals surface area contributed by atoms with Crippen molar-refractivity contribution in [2.45, 2.75) is 44.4 Å². The second-order valence-corrected chi connectivity index (χ2v) is 11.9. The van der Waals surface area contributed by atoms with Gasteiger partial charge in [-0.15, -0.1) is 0 Å². The van der Waals surface area contributed by atoms with E-state index in [9.17, 15) is 9.59 Å². The van der Waals surface area contributed by atoms with E-state index in [0.29, 0.717) is 31.8 Å². The van der Waals surface area contributed by atoms with E-state index in [4.69, 9.17) is 16.6 Å². The predicted octanol–water partition coefficient (Wildman–Crippen LogP) is 5.53. The van der Waals surface area contributed by atoms with Crippen LogP contribution in [0.4, 0.5) is 4.79 Å². The van der Waals surface area contributed by atoms with Crippen LogP contribution in [0.15, 0.2) is 33.3 Å². The molecule has 3 amide bonds. The number of urea groups is 1. The topological polar surface area (TPSA) is 65.5 Å². The molecule has 35 heavy (non-hydrogen) atoms. The van der Waals surface area contributed by atoms with Crippen LogP contribution in [0.25, 0.3) is 0 Å². The van der Waals surface area contributed by atoms with Gasteiger partial charge in [0.05, 0.1) is 5.69 Å². The molecule has 0 bridgehead atoms. The molecular weight excluding hydrogens is 596 g/mol. The minimum Gasteiger partial charge on any atom is -0.343 e. The summed E-state index contributed by atoms with van der Waals surface area (Å²) in [4.78, 5) is 33.3. The van der Waals surface area contributed by atoms with Crippen LogP contribution in [0.2, 0.25) is 5.02 Å². The molecule has 0 saturated carbocycles. The summed E-state index contributed by atoms with van der Waals surface area (Å²) < 4.78 is 2.05. The van der Waals surface area contributed by atoms with Crippen molar-refractivity contribution >= 4 is 55.4 Å². The second kappa shape index (κ2) is 10.8. The lowest BCUT2D eigenvalue weighted by Gasteiger charge is -2.37. The number of fused-ring (bicyclic) bond motifs is 2. The van der Waals surface area contributed by atoms with Crippen molar-refractivity contribution in [3.05, 3.63) is 60.7 Å². The molecule has 1 atom stereocenters. The van der Waals surface area contributed by atoms with Crippen LogP contribution in [0.5, 0.6) is 0 Å². The van der Waals surface area contributed by atoms with Crippen molar-refractivity contribution in [3.63, 3.8) is 0 Å². The number of piperidine rings is 1. The molecule has 2 aromatic rings. The molecule has 0 spiro atoms. The molecule has 9 heteroatoms. The zero-order valence-electron chi connectivity index (χ0n) is 19.5. The van der Waals surface area contributed by atoms with E-state index in [2.05, 4.69) is 49.3 Å². The molecule has 1 aliphatic carbocycles. The third-order valence-corrected chi connectivity index (χ3v) is 8.85. The van der Waals surface area contributed by atoms with Gasteiger partial charge in [0.25, 0.3) is 0 Å². The van der Waals surface area contributed by atoms with Gasteiger partial charge in [0.2, 0.25) is 5.91 Å². The molecule has 5 rings (SSSR count). The Bertz CT molecular complexity index is 1140. The maximum atomic E-state index is 12.9. The van der Waals surface area contributed by atoms with Gasteiger partial charge in [-0.1, -0.05) is 27.5 Å². The van der Waals surface area contributed by atoms with Crippen LogP contribution in [0.3, 0.4) is 0 Å². The van der Waals surface area contributed by atoms with Gasteiger partial charge in [-0.3, -0.25) is 9.78 Å². The van der Waals surface area contributed by atoms with Gasteiger partial charge >= 0.3 is 6.03 Å². The number of aromatic nitrogens is 1. The molecule has 3 heterocycles. The average Bonchev–Trinajstić information content (AvgIpc) is 3.17. The fourth-order valence-electron chi connectivity index (χ4n) is 5.82. The summed E-state index contributed by atoms with van der Waals surface area (Å²) in [7, 11) is 0. The number of likely N-dealkylation sites (tertiary alicyclic amines) is 1. The number of nitrogens with zero attached hydrogens (tertiary/aromatic N) is 3. The van der Waals surface area contributed by atoms with Gasteiger partial charge in [-0.05, 0) is 88.8 Å². The number of nitrogens with one attached hydrogen (secondary N) is 1. The summed E-state index contributed by atoms with van der Waals surface area (Å²) >= 11 is 13.8. The van der Waals surface area contributed by atoms with E-state index in [1.54, 1.807) is 4.90 Å². The Labute approximate surface area is 228 Å². The highest BCUT2D eigenvalue weighted by molar-refractivity contribution is 9.10. The first-order chi connectivity index (χ1) is 16.9. The number of carbonyl (C=O) groups is 2. The van der Waals surface area contributed by atoms with Crippen LogP contribution >= 0.6 is 43.5 Å². The number of aryl methyl sites for hydroxylation is 2. The van der Waals surface area contributed by atoms with Crippen molar-refractivity contribution < 1.29 is 9.59 Å². The van der Waals surface area contributed by atoms with Gasteiger partial charge in [0.1, 0.15) is 0 Å². The van der Waals surface area contributed by atoms with Crippen LogP contribution in [0.1, 0.15) is 54.0 Å². The molecule has 1 N–H and O–H groups in total. The standard InChI is InChI=1S/C26H29Br2ClN4O2/c27-19-12-18-4-3-17-13-20(29)14-21(28)23(17)24(25(18)31-15-19)16-5-9-32(10-6-16)22(34)2-1-8-33-11-7-30-26(33)35/h12-16,24H,1-11H2,(H,30,35)/t24-/m1/s1. The molecular formula is C26H29Br2ClN4O2. The minimum absolute atomic E-state index is 0.0182. The minimum atomic E-state index is -0.0182. The fourth-order valence-corrected chi connectivity index (χ4v) is 7.32. The number of pyridine rings is 1. The van der Waals surface area contributed by atoms with Gasteiger partial charge in [0.15, 0.2) is 0 Å². The highest BCUT2D eigenvalue weighted by Crippen LogP contribution is 2.46. The summed E-state index contributed by atoms with van der Waals surface area (Å²) in [6.07, 6.45) is 6.85. The Kier molecular flexibility index (Phi) is 7.70. The van der Waals surface area contributed by atoms with Crippen molar-refractivity contribution in [1.29, 1.82) is 0 Å². The summed E-state index contributed by atoms with van der Waals surface area (Å²) in [6, 6.07) is 6.29. The SMILES string of the molecule is O=C(CCCN1CCNC1=O)N1CCC([C@H]2c3ncc(Br)cc3CCc3cc(Cl)cc(Br)c32)CC1. The lowest BCUT2D eigenvalue weighted by Crippen LogP contribution is -2.40. The number of rotatable bonds is 5. The molecule has 6 nitrogen and oxygen atoms in total. The Morgan fingerprint density at radius 1 is 1.11 bits per heavy atom. The summed E-state index contributed by atoms with van der Waals surface area (Å²) in [5.74, 6) is 0.766. The highest BCUT2D eigenvalue weighted by Gasteiger charge is 2.36. The van der Waals surface area contributed by atoms with E-state index >= 15 is 0 Å². The number of halogens is 3. The zero-order chi connectivity index (χ0) is 24.5. The van der Waals surface area contributed by atoms with Crippen molar-refractivity contribution in [1.82, 2.24) is 20.1 Å². The van der Waals surface area contributed by atoms with Gasteiger partial charge in [-0.2, -0.15) is 0 Å². The lowest BCUT2D eigenvalue weighted by molar-refractivity contribution is -0.132. The van der Waals surface area contributed by atoms with Crippen LogP contribution in [-0.4, -0.2) is 59.4 Å². The van der Waals surface area contributed by atoms with Crippen LogP contribution in [0, 0.1) is 5.92 Å². The largest absolute Gasteiger partial charge is 0.343 e. The number of hydrogen-bond donors (Lipinski definition) is 1. The van der Waals surface area contributed by atoms with E-state index in [-0.39, 0.29) is 17.9 Å². The Balaban J connectivity index is 1.30. The van der Waals surface area contributed by atoms with Gasteiger partial charge in [-0.25, -0.2) is 4.79 Å². The maximum Gasteiger partial charge on any atom is 0.317 e. The van der Waals surface area contributed by atoms with E-state index in [0.717, 1.165) is 65.0 Å². The quantitative estimate of drug-likeness (QED) is 0.476. The van der Waals surface area contributed by atoms with Crippen LogP contribution in [-0.2, 0) is 17.6 Å². The van der Waals surface area contributed by atoms with Crippen molar-refractivity contribution in [2.75, 3.05) is 32.7 Å². The number of hydrogen-bond acceptors (Lipinski definition) is 3. The van der Waals surface area contributed by atoms with Gasteiger partial charge < -0.3 is 15.1 Å². The normalized spacial score (nSPS) is 20.3. The van der Waals surface area contributed by atoms with Crippen molar-refractivity contribution in [3.8, 4) is 0 Å². The summed E-state index contributed by atoms with van der Waals surface area (Å²) in [5, 5.41) is 3.56. The van der Waals surface area contributed by atoms with Gasteiger partial charge in [0, 0.05) is 65.2 Å². The lowest BCUT2D eigenvalue weighted by atomic mass is 9.76. The average molecular weight is 625 g/mol. The molecule has 0 radical (unpaired) electrons. The maximum absolute atomic E-state index is 12.9. The van der Waals surface area contributed by atoms with Crippen molar-refractivity contribution in [2.24, 2.45) is 5.92 Å². The second-order valence-electron chi connectivity index (χ2n) is 9.68. The molecule has 3 aliphatic rings. The number of benzene rings is 1. The summed E-state index contributed by atoms with van der Waals surface area (Å²) in [6.45, 7) is 3.59. The predicted molar refractivity (Wildman–Crippen MR) is 144 cm³/mol. The molecule has 2 saturated heterocycles. The smallest absolute Gasteiger partial charge is 0.317 e. The Morgan fingerprint density at radius 3 is 2.63 bits per heavy atom. The monoisotopic (exact) mass is 622 g/mol.